The van der Waals surface area contributed by atoms with E-state index in [1.807, 2.05) is 30.3 Å². The number of carbonyl (C=O) groups excluding carboxylic acids is 1. The number of ether oxygens (including phenoxy) is 1. The average molecular weight is 312 g/mol. The zero-order chi connectivity index (χ0) is 15.5. The van der Waals surface area contributed by atoms with Crippen LogP contribution in [0.15, 0.2) is 47.4 Å². The smallest absolute Gasteiger partial charge is 0.165 e. The molecule has 3 heteroatoms. The molecule has 0 saturated heterocycles. The minimum atomic E-state index is 0.287. The number of rotatable bonds is 6. The van der Waals surface area contributed by atoms with Gasteiger partial charge in [0.15, 0.2) is 5.78 Å². The van der Waals surface area contributed by atoms with Crippen molar-refractivity contribution in [2.45, 2.75) is 30.4 Å². The number of hydrogen-bond acceptors (Lipinski definition) is 3. The van der Waals surface area contributed by atoms with Crippen molar-refractivity contribution in [2.24, 2.45) is 5.92 Å². The van der Waals surface area contributed by atoms with E-state index in [9.17, 15) is 4.79 Å². The SMILES string of the molecule is COc1ccc(C)cc1CSc1ccc(C(=O)C2CC2)cc1. The molecular formula is C19H20O2S. The Kier molecular flexibility index (Phi) is 4.53. The van der Waals surface area contributed by atoms with Gasteiger partial charge in [0.25, 0.3) is 0 Å². The molecule has 0 heterocycles. The van der Waals surface area contributed by atoms with E-state index in [1.54, 1.807) is 18.9 Å². The van der Waals surface area contributed by atoms with Gasteiger partial charge in [0.1, 0.15) is 5.75 Å². The van der Waals surface area contributed by atoms with Crippen LogP contribution in [0.3, 0.4) is 0 Å². The first kappa shape index (κ1) is 15.2. The summed E-state index contributed by atoms with van der Waals surface area (Å²) in [5.41, 5.74) is 3.28. The number of benzene rings is 2. The Bertz CT molecular complexity index is 672. The maximum absolute atomic E-state index is 12.0. The Morgan fingerprint density at radius 2 is 1.91 bits per heavy atom. The summed E-state index contributed by atoms with van der Waals surface area (Å²) >= 11 is 1.76. The Balaban J connectivity index is 1.66. The summed E-state index contributed by atoms with van der Waals surface area (Å²) in [7, 11) is 1.71. The standard InChI is InChI=1S/C19H20O2S/c1-13-3-10-18(21-2)16(11-13)12-22-17-8-6-15(7-9-17)19(20)14-4-5-14/h3,6-11,14H,4-5,12H2,1-2H3. The molecule has 1 fully saturated rings. The van der Waals surface area contributed by atoms with Crippen molar-refractivity contribution in [3.8, 4) is 5.75 Å². The van der Waals surface area contributed by atoms with Gasteiger partial charge in [-0.1, -0.05) is 29.8 Å². The van der Waals surface area contributed by atoms with Gasteiger partial charge < -0.3 is 4.74 Å². The normalized spacial score (nSPS) is 13.9. The van der Waals surface area contributed by atoms with Crippen LogP contribution in [-0.2, 0) is 5.75 Å². The fourth-order valence-electron chi connectivity index (χ4n) is 2.48. The molecule has 1 saturated carbocycles. The van der Waals surface area contributed by atoms with Crippen molar-refractivity contribution in [3.63, 3.8) is 0 Å². The van der Waals surface area contributed by atoms with Gasteiger partial charge in [-0.05, 0) is 38.0 Å². The van der Waals surface area contributed by atoms with Gasteiger partial charge in [-0.25, -0.2) is 0 Å². The van der Waals surface area contributed by atoms with Gasteiger partial charge in [-0.2, -0.15) is 0 Å². The highest BCUT2D eigenvalue weighted by Gasteiger charge is 2.30. The Morgan fingerprint density at radius 1 is 1.18 bits per heavy atom. The lowest BCUT2D eigenvalue weighted by atomic mass is 10.1. The molecule has 0 radical (unpaired) electrons. The molecule has 3 rings (SSSR count). The largest absolute Gasteiger partial charge is 0.496 e. The summed E-state index contributed by atoms with van der Waals surface area (Å²) in [5, 5.41) is 0. The zero-order valence-corrected chi connectivity index (χ0v) is 13.8. The molecule has 2 aromatic carbocycles. The van der Waals surface area contributed by atoms with Crippen LogP contribution in [0, 0.1) is 12.8 Å². The van der Waals surface area contributed by atoms with Crippen LogP contribution < -0.4 is 4.74 Å². The first-order valence-corrected chi connectivity index (χ1v) is 8.56. The topological polar surface area (TPSA) is 26.3 Å². The molecule has 0 aromatic heterocycles. The number of ketones is 1. The van der Waals surface area contributed by atoms with E-state index in [4.69, 9.17) is 4.74 Å². The van der Waals surface area contributed by atoms with Crippen molar-refractivity contribution in [1.82, 2.24) is 0 Å². The molecule has 2 nitrogen and oxygen atoms in total. The summed E-state index contributed by atoms with van der Waals surface area (Å²) in [6.45, 7) is 2.09. The van der Waals surface area contributed by atoms with Gasteiger partial charge in [0.2, 0.25) is 0 Å². The first-order valence-electron chi connectivity index (χ1n) is 7.58. The summed E-state index contributed by atoms with van der Waals surface area (Å²) in [6, 6.07) is 14.2. The number of hydrogen-bond donors (Lipinski definition) is 0. The van der Waals surface area contributed by atoms with Crippen LogP contribution in [0.5, 0.6) is 5.75 Å². The van der Waals surface area contributed by atoms with E-state index in [2.05, 4.69) is 19.1 Å². The van der Waals surface area contributed by atoms with Gasteiger partial charge in [0.05, 0.1) is 7.11 Å². The van der Waals surface area contributed by atoms with Crippen LogP contribution in [0.1, 0.15) is 34.3 Å². The second-order valence-electron chi connectivity index (χ2n) is 5.77. The van der Waals surface area contributed by atoms with Crippen molar-refractivity contribution < 1.29 is 9.53 Å². The molecule has 22 heavy (non-hydrogen) atoms. The first-order chi connectivity index (χ1) is 10.7. The lowest BCUT2D eigenvalue weighted by Crippen LogP contribution is -2.00. The number of Topliss-reactive ketones (excluding diaryl/α,β-unsaturated/α-hetero) is 1. The van der Waals surface area contributed by atoms with Crippen molar-refractivity contribution in [2.75, 3.05) is 7.11 Å². The van der Waals surface area contributed by atoms with E-state index < -0.39 is 0 Å². The van der Waals surface area contributed by atoms with Crippen LogP contribution in [-0.4, -0.2) is 12.9 Å². The van der Waals surface area contributed by atoms with E-state index in [-0.39, 0.29) is 5.92 Å². The van der Waals surface area contributed by atoms with Crippen molar-refractivity contribution >= 4 is 17.5 Å². The van der Waals surface area contributed by atoms with E-state index in [0.29, 0.717) is 5.78 Å². The minimum absolute atomic E-state index is 0.287. The van der Waals surface area contributed by atoms with E-state index in [1.165, 1.54) is 16.0 Å². The third-order valence-electron chi connectivity index (χ3n) is 3.92. The number of methoxy groups -OCH3 is 1. The fraction of sp³-hybridized carbons (Fsp3) is 0.316. The summed E-state index contributed by atoms with van der Waals surface area (Å²) in [5.74, 6) is 2.38. The molecule has 0 spiro atoms. The monoisotopic (exact) mass is 312 g/mol. The number of thioether (sulfide) groups is 1. The third-order valence-corrected chi connectivity index (χ3v) is 4.98. The lowest BCUT2D eigenvalue weighted by molar-refractivity contribution is 0.0967. The van der Waals surface area contributed by atoms with Crippen molar-refractivity contribution in [3.05, 3.63) is 59.2 Å². The molecule has 1 aliphatic rings. The predicted molar refractivity (Wildman–Crippen MR) is 90.8 cm³/mol. The molecule has 0 aliphatic heterocycles. The maximum Gasteiger partial charge on any atom is 0.165 e. The fourth-order valence-corrected chi connectivity index (χ4v) is 3.35. The highest BCUT2D eigenvalue weighted by molar-refractivity contribution is 7.98. The Hall–Kier alpha value is -1.74. The molecule has 0 bridgehead atoms. The van der Waals surface area contributed by atoms with Gasteiger partial charge >= 0.3 is 0 Å². The minimum Gasteiger partial charge on any atom is -0.496 e. The quantitative estimate of drug-likeness (QED) is 0.561. The third kappa shape index (κ3) is 3.53. The highest BCUT2D eigenvalue weighted by Crippen LogP contribution is 2.33. The molecule has 114 valence electrons. The van der Waals surface area contributed by atoms with Gasteiger partial charge in [-0.3, -0.25) is 4.79 Å². The molecule has 0 atom stereocenters. The molecule has 0 N–H and O–H groups in total. The van der Waals surface area contributed by atoms with Crippen LogP contribution >= 0.6 is 11.8 Å². The van der Waals surface area contributed by atoms with Gasteiger partial charge in [-0.15, -0.1) is 11.8 Å². The van der Waals surface area contributed by atoms with Crippen LogP contribution in [0.25, 0.3) is 0 Å². The number of aryl methyl sites for hydroxylation is 1. The Labute approximate surface area is 135 Å². The Morgan fingerprint density at radius 3 is 2.55 bits per heavy atom. The van der Waals surface area contributed by atoms with Crippen LogP contribution in [0.4, 0.5) is 0 Å². The average Bonchev–Trinajstić information content (AvgIpc) is 3.38. The molecule has 0 amide bonds. The molecule has 0 unspecified atom stereocenters. The number of carbonyl (C=O) groups is 1. The van der Waals surface area contributed by atoms with Crippen LogP contribution in [0.2, 0.25) is 0 Å². The summed E-state index contributed by atoms with van der Waals surface area (Å²) in [6.07, 6.45) is 2.12. The zero-order valence-electron chi connectivity index (χ0n) is 13.0. The predicted octanol–water partition coefficient (Wildman–Crippen LogP) is 4.89. The summed E-state index contributed by atoms with van der Waals surface area (Å²) < 4.78 is 5.41. The van der Waals surface area contributed by atoms with E-state index in [0.717, 1.165) is 29.9 Å². The molecule has 1 aliphatic carbocycles. The second-order valence-corrected chi connectivity index (χ2v) is 6.82. The van der Waals surface area contributed by atoms with E-state index >= 15 is 0 Å². The summed E-state index contributed by atoms with van der Waals surface area (Å²) in [4.78, 5) is 13.2. The van der Waals surface area contributed by atoms with Crippen molar-refractivity contribution in [1.29, 1.82) is 0 Å². The molecule has 2 aromatic rings. The van der Waals surface area contributed by atoms with Gasteiger partial charge in [0, 0.05) is 27.7 Å². The molecular weight excluding hydrogens is 292 g/mol. The lowest BCUT2D eigenvalue weighted by Gasteiger charge is -2.09. The maximum atomic E-state index is 12.0. The second kappa shape index (κ2) is 6.57. The highest BCUT2D eigenvalue weighted by atomic mass is 32.2.